The number of ketones is 1. The molecule has 0 aromatic heterocycles. The van der Waals surface area contributed by atoms with Crippen molar-refractivity contribution in [2.75, 3.05) is 0 Å². The molecule has 0 N–H and O–H groups in total. The van der Waals surface area contributed by atoms with Crippen molar-refractivity contribution in [1.82, 2.24) is 0 Å². The molecule has 0 saturated heterocycles. The molecule has 0 aliphatic rings. The quantitative estimate of drug-likeness (QED) is 0.763. The summed E-state index contributed by atoms with van der Waals surface area (Å²) in [5.74, 6) is 0.179. The minimum absolute atomic E-state index is 0.179. The highest BCUT2D eigenvalue weighted by molar-refractivity contribution is 9.10. The van der Waals surface area contributed by atoms with Gasteiger partial charge in [0.05, 0.1) is 0 Å². The molecule has 2 aromatic rings. The maximum absolute atomic E-state index is 12.3. The van der Waals surface area contributed by atoms with E-state index in [0.29, 0.717) is 6.42 Å². The van der Waals surface area contributed by atoms with E-state index < -0.39 is 0 Å². The standard InChI is InChI=1S/C16H15BrO/c1-11-3-4-12(2)15(9-11)16(18)10-13-5-7-14(17)8-6-13/h3-9H,10H2,1-2H3. The SMILES string of the molecule is Cc1ccc(C)c(C(=O)Cc2ccc(Br)cc2)c1. The third kappa shape index (κ3) is 3.08. The van der Waals surface area contributed by atoms with Gasteiger partial charge in [-0.2, -0.15) is 0 Å². The number of rotatable bonds is 3. The Balaban J connectivity index is 2.21. The second-order valence-electron chi connectivity index (χ2n) is 4.54. The normalized spacial score (nSPS) is 10.4. The van der Waals surface area contributed by atoms with Gasteiger partial charge < -0.3 is 0 Å². The van der Waals surface area contributed by atoms with E-state index in [9.17, 15) is 4.79 Å². The molecule has 0 unspecified atom stereocenters. The first-order valence-electron chi connectivity index (χ1n) is 5.91. The smallest absolute Gasteiger partial charge is 0.167 e. The predicted molar refractivity (Wildman–Crippen MR) is 78.1 cm³/mol. The Kier molecular flexibility index (Phi) is 3.97. The van der Waals surface area contributed by atoms with Crippen molar-refractivity contribution >= 4 is 21.7 Å². The Morgan fingerprint density at radius 1 is 1.06 bits per heavy atom. The van der Waals surface area contributed by atoms with Crippen LogP contribution in [-0.4, -0.2) is 5.78 Å². The van der Waals surface area contributed by atoms with Crippen LogP contribution in [0.25, 0.3) is 0 Å². The molecule has 1 nitrogen and oxygen atoms in total. The highest BCUT2D eigenvalue weighted by Crippen LogP contribution is 2.16. The molecule has 0 atom stereocenters. The van der Waals surface area contributed by atoms with Crippen LogP contribution in [0.1, 0.15) is 27.0 Å². The molecule has 0 bridgehead atoms. The van der Waals surface area contributed by atoms with E-state index in [1.807, 2.05) is 56.3 Å². The lowest BCUT2D eigenvalue weighted by molar-refractivity contribution is 0.0992. The van der Waals surface area contributed by atoms with Gasteiger partial charge in [0.1, 0.15) is 0 Å². The van der Waals surface area contributed by atoms with Crippen LogP contribution in [0.5, 0.6) is 0 Å². The molecule has 2 aromatic carbocycles. The Bertz CT molecular complexity index is 570. The van der Waals surface area contributed by atoms with Crippen molar-refractivity contribution in [3.8, 4) is 0 Å². The van der Waals surface area contributed by atoms with Gasteiger partial charge in [0.2, 0.25) is 0 Å². The first-order chi connectivity index (χ1) is 8.56. The van der Waals surface area contributed by atoms with Crippen LogP contribution < -0.4 is 0 Å². The fourth-order valence-electron chi connectivity index (χ4n) is 1.92. The highest BCUT2D eigenvalue weighted by Gasteiger charge is 2.10. The summed E-state index contributed by atoms with van der Waals surface area (Å²) in [7, 11) is 0. The van der Waals surface area contributed by atoms with E-state index in [4.69, 9.17) is 0 Å². The van der Waals surface area contributed by atoms with Gasteiger partial charge in [0.25, 0.3) is 0 Å². The van der Waals surface area contributed by atoms with E-state index in [1.165, 1.54) is 0 Å². The number of hydrogen-bond donors (Lipinski definition) is 0. The first kappa shape index (κ1) is 13.0. The molecule has 2 rings (SSSR count). The zero-order chi connectivity index (χ0) is 13.1. The Labute approximate surface area is 116 Å². The highest BCUT2D eigenvalue weighted by atomic mass is 79.9. The van der Waals surface area contributed by atoms with Crippen LogP contribution in [0.15, 0.2) is 46.9 Å². The van der Waals surface area contributed by atoms with Crippen molar-refractivity contribution in [2.24, 2.45) is 0 Å². The Hall–Kier alpha value is -1.41. The van der Waals surface area contributed by atoms with Gasteiger partial charge in [0, 0.05) is 16.5 Å². The molecular weight excluding hydrogens is 288 g/mol. The average Bonchev–Trinajstić information content (AvgIpc) is 2.35. The molecular formula is C16H15BrO. The summed E-state index contributed by atoms with van der Waals surface area (Å²) in [6.45, 7) is 3.99. The zero-order valence-electron chi connectivity index (χ0n) is 10.5. The monoisotopic (exact) mass is 302 g/mol. The number of carbonyl (C=O) groups is 1. The lowest BCUT2D eigenvalue weighted by Gasteiger charge is -2.06. The van der Waals surface area contributed by atoms with Gasteiger partial charge in [-0.25, -0.2) is 0 Å². The van der Waals surface area contributed by atoms with Crippen molar-refractivity contribution in [1.29, 1.82) is 0 Å². The van der Waals surface area contributed by atoms with Crippen molar-refractivity contribution in [2.45, 2.75) is 20.3 Å². The maximum Gasteiger partial charge on any atom is 0.167 e. The molecule has 0 amide bonds. The number of benzene rings is 2. The lowest BCUT2D eigenvalue weighted by Crippen LogP contribution is -2.06. The number of halogens is 1. The number of carbonyl (C=O) groups excluding carboxylic acids is 1. The molecule has 2 heteroatoms. The molecule has 0 saturated carbocycles. The molecule has 18 heavy (non-hydrogen) atoms. The van der Waals surface area contributed by atoms with Crippen molar-refractivity contribution in [3.63, 3.8) is 0 Å². The van der Waals surface area contributed by atoms with Crippen LogP contribution in [0, 0.1) is 13.8 Å². The molecule has 0 fully saturated rings. The van der Waals surface area contributed by atoms with Crippen molar-refractivity contribution < 1.29 is 4.79 Å². The van der Waals surface area contributed by atoms with Gasteiger partial charge in [-0.1, -0.05) is 45.8 Å². The van der Waals surface area contributed by atoms with Gasteiger partial charge in [-0.3, -0.25) is 4.79 Å². The van der Waals surface area contributed by atoms with E-state index in [-0.39, 0.29) is 5.78 Å². The summed E-state index contributed by atoms with van der Waals surface area (Å²) in [6, 6.07) is 13.9. The summed E-state index contributed by atoms with van der Waals surface area (Å²) in [5, 5.41) is 0. The maximum atomic E-state index is 12.3. The van der Waals surface area contributed by atoms with E-state index >= 15 is 0 Å². The molecule has 0 aliphatic heterocycles. The summed E-state index contributed by atoms with van der Waals surface area (Å²) < 4.78 is 1.03. The average molecular weight is 303 g/mol. The van der Waals surface area contributed by atoms with Crippen LogP contribution in [0.3, 0.4) is 0 Å². The van der Waals surface area contributed by atoms with Crippen LogP contribution in [-0.2, 0) is 6.42 Å². The van der Waals surface area contributed by atoms with E-state index in [0.717, 1.165) is 26.7 Å². The zero-order valence-corrected chi connectivity index (χ0v) is 12.1. The van der Waals surface area contributed by atoms with Crippen LogP contribution >= 0.6 is 15.9 Å². The van der Waals surface area contributed by atoms with Gasteiger partial charge >= 0.3 is 0 Å². The number of Topliss-reactive ketones (excluding diaryl/α,β-unsaturated/α-hetero) is 1. The van der Waals surface area contributed by atoms with Gasteiger partial charge in [0.15, 0.2) is 5.78 Å². The third-order valence-corrected chi connectivity index (χ3v) is 3.50. The van der Waals surface area contributed by atoms with Crippen LogP contribution in [0.4, 0.5) is 0 Å². The minimum atomic E-state index is 0.179. The fourth-order valence-corrected chi connectivity index (χ4v) is 2.18. The van der Waals surface area contributed by atoms with E-state index in [1.54, 1.807) is 0 Å². The molecule has 92 valence electrons. The molecule has 0 heterocycles. The summed E-state index contributed by atoms with van der Waals surface area (Å²) in [6.07, 6.45) is 0.456. The summed E-state index contributed by atoms with van der Waals surface area (Å²) >= 11 is 3.39. The number of aryl methyl sites for hydroxylation is 2. The van der Waals surface area contributed by atoms with E-state index in [2.05, 4.69) is 15.9 Å². The molecule has 0 radical (unpaired) electrons. The van der Waals surface area contributed by atoms with Crippen LogP contribution in [0.2, 0.25) is 0 Å². The van der Waals surface area contributed by atoms with Crippen molar-refractivity contribution in [3.05, 3.63) is 69.2 Å². The lowest BCUT2D eigenvalue weighted by atomic mass is 9.97. The predicted octanol–water partition coefficient (Wildman–Crippen LogP) is 4.49. The summed E-state index contributed by atoms with van der Waals surface area (Å²) in [4.78, 5) is 12.3. The topological polar surface area (TPSA) is 17.1 Å². The largest absolute Gasteiger partial charge is 0.294 e. The number of hydrogen-bond acceptors (Lipinski definition) is 1. The third-order valence-electron chi connectivity index (χ3n) is 2.97. The second kappa shape index (κ2) is 5.49. The molecule has 0 spiro atoms. The molecule has 0 aliphatic carbocycles. The fraction of sp³-hybridized carbons (Fsp3) is 0.188. The Morgan fingerprint density at radius 2 is 1.72 bits per heavy atom. The summed E-state index contributed by atoms with van der Waals surface area (Å²) in [5.41, 5.74) is 4.05. The minimum Gasteiger partial charge on any atom is -0.294 e. The first-order valence-corrected chi connectivity index (χ1v) is 6.70. The Morgan fingerprint density at radius 3 is 2.39 bits per heavy atom. The second-order valence-corrected chi connectivity index (χ2v) is 5.46. The van der Waals surface area contributed by atoms with Gasteiger partial charge in [-0.15, -0.1) is 0 Å². The van der Waals surface area contributed by atoms with Gasteiger partial charge in [-0.05, 0) is 43.2 Å².